The Kier molecular flexibility index (Phi) is 15.1. The normalized spacial score (nSPS) is 11.4. The van der Waals surface area contributed by atoms with Gasteiger partial charge < -0.3 is 9.05 Å². The summed E-state index contributed by atoms with van der Waals surface area (Å²) in [7, 11) is 0. The third-order valence-electron chi connectivity index (χ3n) is 6.90. The number of unbranched alkanes of at least 4 members (excludes halogenated alkanes) is 8. The molecule has 0 aromatic heterocycles. The van der Waals surface area contributed by atoms with Gasteiger partial charge >= 0.3 is 5.69 Å². The van der Waals surface area contributed by atoms with Crippen LogP contribution in [0.1, 0.15) is 94.7 Å². The summed E-state index contributed by atoms with van der Waals surface area (Å²) in [5.41, 5.74) is 1.37. The smallest absolute Gasteiger partial charge is 0.348 e. The van der Waals surface area contributed by atoms with Gasteiger partial charge in [-0.3, -0.25) is 0 Å². The highest BCUT2D eigenvalue weighted by Gasteiger charge is 2.24. The Balaban J connectivity index is 1.60. The van der Waals surface area contributed by atoms with Crippen molar-refractivity contribution in [3.8, 4) is 11.5 Å². The van der Waals surface area contributed by atoms with Crippen LogP contribution in [0.5, 0.6) is 11.5 Å². The molecular weight excluding hydrogens is 535 g/mol. The van der Waals surface area contributed by atoms with E-state index in [0.29, 0.717) is 0 Å². The summed E-state index contributed by atoms with van der Waals surface area (Å²) in [6, 6.07) is 27.5. The average Bonchev–Trinajstić information content (AvgIpc) is 2.95. The summed E-state index contributed by atoms with van der Waals surface area (Å²) < 4.78 is 12.9. The number of hydrogen-bond donors (Lipinski definition) is 0. The molecule has 0 spiro atoms. The molecule has 0 N–H and O–H groups in total. The summed E-state index contributed by atoms with van der Waals surface area (Å²) in [6.07, 6.45) is 16.2. The molecule has 0 aliphatic heterocycles. The highest BCUT2D eigenvalue weighted by atomic mass is 32.9. The van der Waals surface area contributed by atoms with Gasteiger partial charge in [0, 0.05) is 5.75 Å². The molecule has 0 aliphatic rings. The van der Waals surface area contributed by atoms with Gasteiger partial charge in [-0.2, -0.15) is 0 Å². The van der Waals surface area contributed by atoms with Crippen LogP contribution >= 0.6 is 17.1 Å². The minimum Gasteiger partial charge on any atom is -0.428 e. The number of aryl methyl sites for hydroxylation is 3. The van der Waals surface area contributed by atoms with E-state index in [9.17, 15) is 0 Å². The van der Waals surface area contributed by atoms with Gasteiger partial charge in [-0.25, -0.2) is 0 Å². The highest BCUT2D eigenvalue weighted by Crippen LogP contribution is 2.60. The van der Waals surface area contributed by atoms with Gasteiger partial charge in [0.15, 0.2) is 0 Å². The maximum Gasteiger partial charge on any atom is 0.348 e. The van der Waals surface area contributed by atoms with Crippen LogP contribution in [0.3, 0.4) is 0 Å². The van der Waals surface area contributed by atoms with Gasteiger partial charge in [0.05, 0.1) is 0 Å². The molecule has 212 valence electrons. The van der Waals surface area contributed by atoms with Crippen LogP contribution in [0.25, 0.3) is 0 Å². The van der Waals surface area contributed by atoms with Crippen molar-refractivity contribution < 1.29 is 9.05 Å². The lowest BCUT2D eigenvalue weighted by atomic mass is 10.1. The quantitative estimate of drug-likeness (QED) is 0.0974. The van der Waals surface area contributed by atoms with Crippen LogP contribution in [0.2, 0.25) is 0 Å². The molecular formula is C34H47O2PS2. The monoisotopic (exact) mass is 582 g/mol. The Bertz CT molecular complexity index is 1020. The van der Waals surface area contributed by atoms with E-state index in [0.717, 1.165) is 36.5 Å². The lowest BCUT2D eigenvalue weighted by Gasteiger charge is -2.23. The summed E-state index contributed by atoms with van der Waals surface area (Å²) in [6.45, 7) is 4.52. The van der Waals surface area contributed by atoms with Crippen molar-refractivity contribution in [1.82, 2.24) is 0 Å². The molecule has 0 heterocycles. The first-order valence-corrected chi connectivity index (χ1v) is 19.2. The first kappa shape index (κ1) is 31.8. The first-order valence-electron chi connectivity index (χ1n) is 15.0. The molecule has 0 radical (unpaired) electrons. The van der Waals surface area contributed by atoms with Crippen molar-refractivity contribution in [1.29, 1.82) is 0 Å². The molecule has 3 aromatic rings. The van der Waals surface area contributed by atoms with Crippen LogP contribution < -0.4 is 9.05 Å². The zero-order valence-corrected chi connectivity index (χ0v) is 26.5. The van der Waals surface area contributed by atoms with Crippen LogP contribution in [-0.4, -0.2) is 5.75 Å². The summed E-state index contributed by atoms with van der Waals surface area (Å²) in [5.74, 6) is 2.44. The Morgan fingerprint density at radius 3 is 1.44 bits per heavy atom. The lowest BCUT2D eigenvalue weighted by Crippen LogP contribution is -2.00. The molecule has 0 saturated heterocycles. The maximum absolute atomic E-state index is 6.46. The molecule has 39 heavy (non-hydrogen) atoms. The zero-order chi connectivity index (χ0) is 27.6. The predicted octanol–water partition coefficient (Wildman–Crippen LogP) is 11.4. The molecule has 2 nitrogen and oxygen atoms in total. The molecule has 0 bridgehead atoms. The molecule has 3 aromatic carbocycles. The zero-order valence-electron chi connectivity index (χ0n) is 24.0. The Morgan fingerprint density at radius 2 is 0.974 bits per heavy atom. The van der Waals surface area contributed by atoms with Crippen molar-refractivity contribution in [3.05, 3.63) is 95.6 Å². The molecule has 0 atom stereocenters. The SMILES string of the molecule is CCCCCCCc1ccc(OP(=S)(Oc2ccc(CCCCCCC)cc2)SCCc2ccccc2)cc1. The maximum atomic E-state index is 6.46. The summed E-state index contributed by atoms with van der Waals surface area (Å²) in [5, 5.41) is 0. The van der Waals surface area contributed by atoms with Gasteiger partial charge in [0.1, 0.15) is 11.5 Å². The van der Waals surface area contributed by atoms with Gasteiger partial charge in [0.25, 0.3) is 0 Å². The van der Waals surface area contributed by atoms with Crippen LogP contribution in [0.4, 0.5) is 0 Å². The topological polar surface area (TPSA) is 18.5 Å². The highest BCUT2D eigenvalue weighted by molar-refractivity contribution is 8.68. The molecule has 0 aliphatic carbocycles. The van der Waals surface area contributed by atoms with Crippen molar-refractivity contribution in [3.63, 3.8) is 0 Å². The van der Waals surface area contributed by atoms with Crippen molar-refractivity contribution in [2.75, 3.05) is 5.75 Å². The largest absolute Gasteiger partial charge is 0.428 e. The fraction of sp³-hybridized carbons (Fsp3) is 0.471. The molecule has 3 rings (SSSR count). The number of rotatable bonds is 20. The lowest BCUT2D eigenvalue weighted by molar-refractivity contribution is 0.506. The number of benzene rings is 3. The molecule has 0 fully saturated rings. The second-order valence-electron chi connectivity index (χ2n) is 10.3. The number of hydrogen-bond acceptors (Lipinski definition) is 4. The van der Waals surface area contributed by atoms with Gasteiger partial charge in [-0.05, 0) is 96.2 Å². The van der Waals surface area contributed by atoms with Crippen molar-refractivity contribution >= 4 is 28.9 Å². The van der Waals surface area contributed by atoms with E-state index in [-0.39, 0.29) is 0 Å². The molecule has 5 heteroatoms. The van der Waals surface area contributed by atoms with E-state index in [1.807, 2.05) is 0 Å². The van der Waals surface area contributed by atoms with Crippen LogP contribution in [0.15, 0.2) is 78.9 Å². The van der Waals surface area contributed by atoms with E-state index in [4.69, 9.17) is 20.9 Å². The van der Waals surface area contributed by atoms with Gasteiger partial charge in [0.2, 0.25) is 0 Å². The average molecular weight is 583 g/mol. The third kappa shape index (κ3) is 13.0. The fourth-order valence-electron chi connectivity index (χ4n) is 4.55. The minimum atomic E-state index is -2.65. The predicted molar refractivity (Wildman–Crippen MR) is 176 cm³/mol. The minimum absolute atomic E-state index is 0.795. The van der Waals surface area contributed by atoms with Crippen LogP contribution in [-0.2, 0) is 31.1 Å². The second kappa shape index (κ2) is 18.6. The Morgan fingerprint density at radius 1 is 0.538 bits per heavy atom. The second-order valence-corrected chi connectivity index (χ2v) is 16.6. The van der Waals surface area contributed by atoms with E-state index in [1.165, 1.54) is 80.9 Å². The molecule has 0 amide bonds. The van der Waals surface area contributed by atoms with E-state index in [2.05, 4.69) is 92.7 Å². The summed E-state index contributed by atoms with van der Waals surface area (Å²) >= 11 is 7.74. The Hall–Kier alpha value is -1.74. The van der Waals surface area contributed by atoms with Crippen molar-refractivity contribution in [2.45, 2.75) is 97.3 Å². The van der Waals surface area contributed by atoms with Gasteiger partial charge in [-0.15, -0.1) is 0 Å². The standard InChI is InChI=1S/C34H47O2PS2/c1-3-5-7-9-12-18-31-20-24-33(25-21-31)35-37(38,39-29-28-30-16-14-11-15-17-30)36-34-26-22-32(23-27-34)19-13-10-8-6-4-2/h11,14-17,20-27H,3-10,12-13,18-19,28-29H2,1-2H3. The first-order chi connectivity index (χ1) is 19.1. The van der Waals surface area contributed by atoms with E-state index >= 15 is 0 Å². The fourth-order valence-corrected chi connectivity index (χ4v) is 8.97. The molecule has 0 saturated carbocycles. The van der Waals surface area contributed by atoms with E-state index in [1.54, 1.807) is 11.4 Å². The van der Waals surface area contributed by atoms with Crippen LogP contribution in [0, 0.1) is 0 Å². The van der Waals surface area contributed by atoms with E-state index < -0.39 is 5.69 Å². The Labute approximate surface area is 247 Å². The molecule has 0 unspecified atom stereocenters. The van der Waals surface area contributed by atoms with Crippen molar-refractivity contribution in [2.24, 2.45) is 0 Å². The van der Waals surface area contributed by atoms with Gasteiger partial charge in [-0.1, -0.05) is 120 Å². The summed E-state index contributed by atoms with van der Waals surface area (Å²) in [4.78, 5) is 0. The third-order valence-corrected chi connectivity index (χ3v) is 11.8.